The van der Waals surface area contributed by atoms with E-state index >= 15 is 0 Å². The monoisotopic (exact) mass is 730 g/mol. The first-order valence-electron chi connectivity index (χ1n) is 19.8. The smallest absolute Gasteiger partial charge is 0.0488 e. The molecule has 9 aromatic rings. The van der Waals surface area contributed by atoms with Crippen LogP contribution >= 0.6 is 0 Å². The van der Waals surface area contributed by atoms with Gasteiger partial charge < -0.3 is 9.80 Å². The van der Waals surface area contributed by atoms with Crippen LogP contribution in [0.25, 0.3) is 44.2 Å². The predicted octanol–water partition coefficient (Wildman–Crippen LogP) is 15.4. The van der Waals surface area contributed by atoms with E-state index in [1.807, 2.05) is 0 Å². The van der Waals surface area contributed by atoms with Gasteiger partial charge in [0, 0.05) is 39.5 Å². The van der Waals surface area contributed by atoms with E-state index in [-0.39, 0.29) is 5.41 Å². The summed E-state index contributed by atoms with van der Waals surface area (Å²) >= 11 is 0. The third-order valence-electron chi connectivity index (χ3n) is 11.6. The second-order valence-corrected chi connectivity index (χ2v) is 15.4. The van der Waals surface area contributed by atoms with Crippen LogP contribution in [-0.4, -0.2) is 0 Å². The molecule has 0 spiro atoms. The van der Waals surface area contributed by atoms with Crippen molar-refractivity contribution in [1.29, 1.82) is 0 Å². The van der Waals surface area contributed by atoms with Gasteiger partial charge in [0.2, 0.25) is 0 Å². The maximum absolute atomic E-state index is 2.43. The fourth-order valence-electron chi connectivity index (χ4n) is 8.80. The van der Waals surface area contributed by atoms with E-state index in [1.165, 1.54) is 49.7 Å². The molecular formula is C55H42N2. The Kier molecular flexibility index (Phi) is 8.53. The number of nitrogens with zero attached hydrogens (tertiary/aromatic N) is 2. The molecule has 0 bridgehead atoms. The van der Waals surface area contributed by atoms with Crippen LogP contribution in [0.5, 0.6) is 0 Å². The number of rotatable bonds is 8. The average molecular weight is 731 g/mol. The molecule has 9 aromatic carbocycles. The summed E-state index contributed by atoms with van der Waals surface area (Å²) < 4.78 is 0. The summed E-state index contributed by atoms with van der Waals surface area (Å²) in [6, 6.07) is 79.5. The minimum atomic E-state index is -0.135. The summed E-state index contributed by atoms with van der Waals surface area (Å²) in [5, 5.41) is 2.43. The molecule has 0 unspecified atom stereocenters. The van der Waals surface area contributed by atoms with Gasteiger partial charge in [-0.1, -0.05) is 153 Å². The third kappa shape index (κ3) is 6.16. The zero-order chi connectivity index (χ0) is 38.3. The highest BCUT2D eigenvalue weighted by Gasteiger charge is 2.36. The van der Waals surface area contributed by atoms with Gasteiger partial charge in [-0.3, -0.25) is 0 Å². The van der Waals surface area contributed by atoms with Crippen molar-refractivity contribution in [3.05, 3.63) is 230 Å². The van der Waals surface area contributed by atoms with Crippen molar-refractivity contribution in [3.8, 4) is 33.4 Å². The number of benzene rings is 9. The summed E-state index contributed by atoms with van der Waals surface area (Å²) in [5.41, 5.74) is 16.5. The maximum Gasteiger partial charge on any atom is 0.0488 e. The molecule has 10 rings (SSSR count). The van der Waals surface area contributed by atoms with Gasteiger partial charge in [-0.05, 0) is 134 Å². The zero-order valence-corrected chi connectivity index (χ0v) is 32.2. The third-order valence-corrected chi connectivity index (χ3v) is 11.6. The Hall–Kier alpha value is -7.16. The standard InChI is InChI=1S/C55H42N2/c1-55(2)53-30-18-17-29-49(53)50-32-31-46(38-54(50)55)57(45-27-13-6-14-28-45)48-34-42(33-47(37-48)56(43-23-9-4-10-24-43)44-25-11-5-12-26-44)52-36-41-22-16-15-21-40(41)35-51(52)39-19-7-3-8-20-39/h3-38H,1-2H3. The molecule has 0 fully saturated rings. The van der Waals surface area contributed by atoms with Crippen LogP contribution in [0.15, 0.2) is 218 Å². The molecule has 0 atom stereocenters. The molecule has 0 saturated heterocycles. The van der Waals surface area contributed by atoms with Crippen molar-refractivity contribution in [1.82, 2.24) is 0 Å². The van der Waals surface area contributed by atoms with Crippen molar-refractivity contribution in [2.75, 3.05) is 9.80 Å². The Labute approximate surface area is 335 Å². The van der Waals surface area contributed by atoms with Gasteiger partial charge in [0.25, 0.3) is 0 Å². The van der Waals surface area contributed by atoms with Crippen LogP contribution < -0.4 is 9.80 Å². The highest BCUT2D eigenvalue weighted by molar-refractivity contribution is 5.99. The molecule has 0 saturated carbocycles. The molecule has 1 aliphatic rings. The maximum atomic E-state index is 2.43. The van der Waals surface area contributed by atoms with Crippen LogP contribution in [0.1, 0.15) is 25.0 Å². The summed E-state index contributed by atoms with van der Waals surface area (Å²) in [4.78, 5) is 4.81. The largest absolute Gasteiger partial charge is 0.310 e. The van der Waals surface area contributed by atoms with Crippen LogP contribution in [0.2, 0.25) is 0 Å². The molecule has 0 aromatic heterocycles. The summed E-state index contributed by atoms with van der Waals surface area (Å²) in [5.74, 6) is 0. The lowest BCUT2D eigenvalue weighted by Gasteiger charge is -2.31. The van der Waals surface area contributed by atoms with Crippen molar-refractivity contribution >= 4 is 44.9 Å². The van der Waals surface area contributed by atoms with Gasteiger partial charge in [-0.2, -0.15) is 0 Å². The molecule has 57 heavy (non-hydrogen) atoms. The van der Waals surface area contributed by atoms with Crippen molar-refractivity contribution in [3.63, 3.8) is 0 Å². The number of anilines is 6. The molecule has 2 nitrogen and oxygen atoms in total. The van der Waals surface area contributed by atoms with Gasteiger partial charge >= 0.3 is 0 Å². The first kappa shape index (κ1) is 34.3. The zero-order valence-electron chi connectivity index (χ0n) is 32.2. The highest BCUT2D eigenvalue weighted by atomic mass is 15.2. The highest BCUT2D eigenvalue weighted by Crippen LogP contribution is 2.51. The van der Waals surface area contributed by atoms with E-state index < -0.39 is 0 Å². The average Bonchev–Trinajstić information content (AvgIpc) is 3.50. The predicted molar refractivity (Wildman–Crippen MR) is 242 cm³/mol. The Morgan fingerprint density at radius 2 is 0.719 bits per heavy atom. The summed E-state index contributed by atoms with van der Waals surface area (Å²) in [6.45, 7) is 4.71. The van der Waals surface area contributed by atoms with Gasteiger partial charge in [-0.15, -0.1) is 0 Å². The number of hydrogen-bond donors (Lipinski definition) is 0. The fourth-order valence-corrected chi connectivity index (χ4v) is 8.80. The number of para-hydroxylation sites is 3. The normalized spacial score (nSPS) is 12.5. The van der Waals surface area contributed by atoms with E-state index in [0.29, 0.717) is 0 Å². The second kappa shape index (κ2) is 14.2. The lowest BCUT2D eigenvalue weighted by Crippen LogP contribution is -2.17. The van der Waals surface area contributed by atoms with E-state index in [0.717, 1.165) is 39.7 Å². The Morgan fingerprint density at radius 3 is 1.28 bits per heavy atom. The lowest BCUT2D eigenvalue weighted by molar-refractivity contribution is 0.660. The first-order valence-corrected chi connectivity index (χ1v) is 19.8. The molecule has 0 aliphatic heterocycles. The van der Waals surface area contributed by atoms with Crippen LogP contribution in [0.3, 0.4) is 0 Å². The summed E-state index contributed by atoms with van der Waals surface area (Å²) in [6.07, 6.45) is 0. The minimum absolute atomic E-state index is 0.135. The first-order chi connectivity index (χ1) is 28.0. The summed E-state index contributed by atoms with van der Waals surface area (Å²) in [7, 11) is 0. The van der Waals surface area contributed by atoms with Gasteiger partial charge in [0.05, 0.1) is 0 Å². The van der Waals surface area contributed by atoms with Crippen LogP contribution in [0.4, 0.5) is 34.1 Å². The molecule has 0 heterocycles. The van der Waals surface area contributed by atoms with Crippen LogP contribution in [0, 0.1) is 0 Å². The Morgan fingerprint density at radius 1 is 0.281 bits per heavy atom. The van der Waals surface area contributed by atoms with Gasteiger partial charge in [0.1, 0.15) is 0 Å². The molecule has 2 heteroatoms. The van der Waals surface area contributed by atoms with Crippen molar-refractivity contribution in [2.45, 2.75) is 19.3 Å². The van der Waals surface area contributed by atoms with Crippen molar-refractivity contribution in [2.24, 2.45) is 0 Å². The van der Waals surface area contributed by atoms with E-state index in [9.17, 15) is 0 Å². The second-order valence-electron chi connectivity index (χ2n) is 15.4. The number of hydrogen-bond acceptors (Lipinski definition) is 2. The SMILES string of the molecule is CC1(C)c2ccccc2-c2ccc(N(c3ccccc3)c3cc(-c4cc5ccccc5cc4-c4ccccc4)cc(N(c4ccccc4)c4ccccc4)c3)cc21. The minimum Gasteiger partial charge on any atom is -0.310 e. The van der Waals surface area contributed by atoms with Crippen molar-refractivity contribution < 1.29 is 0 Å². The lowest BCUT2D eigenvalue weighted by atomic mass is 9.82. The van der Waals surface area contributed by atoms with Gasteiger partial charge in [0.15, 0.2) is 0 Å². The molecule has 0 N–H and O–H groups in total. The van der Waals surface area contributed by atoms with Crippen LogP contribution in [-0.2, 0) is 5.41 Å². The van der Waals surface area contributed by atoms with E-state index in [1.54, 1.807) is 0 Å². The molecule has 0 radical (unpaired) electrons. The number of fused-ring (bicyclic) bond motifs is 4. The molecule has 272 valence electrons. The van der Waals surface area contributed by atoms with Gasteiger partial charge in [-0.25, -0.2) is 0 Å². The molecule has 0 amide bonds. The quantitative estimate of drug-likeness (QED) is 0.154. The topological polar surface area (TPSA) is 6.48 Å². The fraction of sp³-hybridized carbons (Fsp3) is 0.0545. The molecule has 1 aliphatic carbocycles. The Balaban J connectivity index is 1.26. The Bertz CT molecular complexity index is 2820. The van der Waals surface area contributed by atoms with E-state index in [2.05, 4.69) is 242 Å². The van der Waals surface area contributed by atoms with E-state index in [4.69, 9.17) is 0 Å². The molecular weight excluding hydrogens is 689 g/mol.